The molecule has 1 aromatic rings. The first kappa shape index (κ1) is 12.2. The van der Waals surface area contributed by atoms with Gasteiger partial charge >= 0.3 is 0 Å². The minimum atomic E-state index is 0.866. The molecule has 0 saturated heterocycles. The summed E-state index contributed by atoms with van der Waals surface area (Å²) in [5.41, 5.74) is 4.26. The predicted octanol–water partition coefficient (Wildman–Crippen LogP) is 2.99. The van der Waals surface area contributed by atoms with Gasteiger partial charge in [0.15, 0.2) is 0 Å². The van der Waals surface area contributed by atoms with Crippen LogP contribution in [0.25, 0.3) is 0 Å². The summed E-state index contributed by atoms with van der Waals surface area (Å²) in [5.74, 6) is 0. The van der Waals surface area contributed by atoms with Crippen molar-refractivity contribution in [3.8, 4) is 0 Å². The van der Waals surface area contributed by atoms with Crippen LogP contribution in [-0.4, -0.2) is 29.0 Å². The van der Waals surface area contributed by atoms with Crippen LogP contribution in [0.4, 0.5) is 0 Å². The third-order valence-corrected chi connectivity index (χ3v) is 4.67. The van der Waals surface area contributed by atoms with Gasteiger partial charge in [0.2, 0.25) is 0 Å². The first-order valence-electron chi connectivity index (χ1n) is 7.57. The fourth-order valence-corrected chi connectivity index (χ4v) is 3.48. The Labute approximate surface area is 110 Å². The van der Waals surface area contributed by atoms with Gasteiger partial charge in [0.25, 0.3) is 0 Å². The largest absolute Gasteiger partial charge is 0.300 e. The van der Waals surface area contributed by atoms with Gasteiger partial charge in [-0.1, -0.05) is 25.8 Å². The maximum absolute atomic E-state index is 4.68. The number of fused-ring (bicyclic) bond motifs is 1. The summed E-state index contributed by atoms with van der Waals surface area (Å²) in [6, 6.07) is 3.26. The lowest BCUT2D eigenvalue weighted by Gasteiger charge is -2.26. The summed E-state index contributed by atoms with van der Waals surface area (Å²) >= 11 is 0. The lowest BCUT2D eigenvalue weighted by atomic mass is 10.1. The van der Waals surface area contributed by atoms with Crippen LogP contribution in [0.15, 0.2) is 12.3 Å². The minimum absolute atomic E-state index is 0.866. The minimum Gasteiger partial charge on any atom is -0.300 e. The molecule has 0 spiro atoms. The molecule has 0 atom stereocenters. The SMILES string of the molecule is CCc1cnc2c(c1)CCN(C1CCCC1)CC2. The average molecular weight is 244 g/mol. The maximum atomic E-state index is 4.68. The topological polar surface area (TPSA) is 16.1 Å². The van der Waals surface area contributed by atoms with Gasteiger partial charge < -0.3 is 0 Å². The van der Waals surface area contributed by atoms with E-state index in [1.807, 2.05) is 0 Å². The Balaban J connectivity index is 1.73. The van der Waals surface area contributed by atoms with Crippen LogP contribution in [0.5, 0.6) is 0 Å². The first-order valence-corrected chi connectivity index (χ1v) is 7.57. The van der Waals surface area contributed by atoms with E-state index in [2.05, 4.69) is 29.1 Å². The lowest BCUT2D eigenvalue weighted by molar-refractivity contribution is 0.208. The lowest BCUT2D eigenvalue weighted by Crippen LogP contribution is -2.35. The molecule has 1 fully saturated rings. The molecule has 98 valence electrons. The summed E-state index contributed by atoms with van der Waals surface area (Å²) in [7, 11) is 0. The normalized spacial score (nSPS) is 21.8. The third-order valence-electron chi connectivity index (χ3n) is 4.67. The van der Waals surface area contributed by atoms with Crippen molar-refractivity contribution < 1.29 is 0 Å². The van der Waals surface area contributed by atoms with Crippen LogP contribution in [-0.2, 0) is 19.3 Å². The molecular weight excluding hydrogens is 220 g/mol. The zero-order valence-corrected chi connectivity index (χ0v) is 11.5. The number of aromatic nitrogens is 1. The monoisotopic (exact) mass is 244 g/mol. The molecule has 0 amide bonds. The van der Waals surface area contributed by atoms with Crippen molar-refractivity contribution in [2.75, 3.05) is 13.1 Å². The molecule has 1 aromatic heterocycles. The summed E-state index contributed by atoms with van der Waals surface area (Å²) in [5, 5.41) is 0. The van der Waals surface area contributed by atoms with Crippen LogP contribution < -0.4 is 0 Å². The number of rotatable bonds is 2. The second-order valence-corrected chi connectivity index (χ2v) is 5.78. The smallest absolute Gasteiger partial charge is 0.0448 e. The molecule has 2 nitrogen and oxygen atoms in total. The van der Waals surface area contributed by atoms with Gasteiger partial charge in [0.05, 0.1) is 0 Å². The Morgan fingerprint density at radius 1 is 1.22 bits per heavy atom. The number of hydrogen-bond donors (Lipinski definition) is 0. The predicted molar refractivity (Wildman–Crippen MR) is 74.9 cm³/mol. The van der Waals surface area contributed by atoms with Gasteiger partial charge in [-0.25, -0.2) is 0 Å². The molecule has 18 heavy (non-hydrogen) atoms. The number of nitrogens with zero attached hydrogens (tertiary/aromatic N) is 2. The van der Waals surface area contributed by atoms with E-state index in [-0.39, 0.29) is 0 Å². The molecule has 2 heteroatoms. The molecular formula is C16H24N2. The standard InChI is InChI=1S/C16H24N2/c1-2-13-11-14-7-9-18(15-5-3-4-6-15)10-8-16(14)17-12-13/h11-12,15H,2-10H2,1H3. The fraction of sp³-hybridized carbons (Fsp3) is 0.688. The maximum Gasteiger partial charge on any atom is 0.0448 e. The summed E-state index contributed by atoms with van der Waals surface area (Å²) in [6.07, 6.45) is 11.2. The Hall–Kier alpha value is -0.890. The van der Waals surface area contributed by atoms with Crippen molar-refractivity contribution in [1.29, 1.82) is 0 Å². The average Bonchev–Trinajstić information content (AvgIpc) is 2.85. The van der Waals surface area contributed by atoms with Crippen molar-refractivity contribution in [2.24, 2.45) is 0 Å². The van der Waals surface area contributed by atoms with Gasteiger partial charge in [-0.05, 0) is 36.8 Å². The van der Waals surface area contributed by atoms with Crippen molar-refractivity contribution in [2.45, 2.75) is 57.9 Å². The highest BCUT2D eigenvalue weighted by Gasteiger charge is 2.24. The summed E-state index contributed by atoms with van der Waals surface area (Å²) < 4.78 is 0. The number of hydrogen-bond acceptors (Lipinski definition) is 2. The zero-order chi connectivity index (χ0) is 12.4. The van der Waals surface area contributed by atoms with Crippen LogP contribution >= 0.6 is 0 Å². The Morgan fingerprint density at radius 3 is 2.78 bits per heavy atom. The van der Waals surface area contributed by atoms with Gasteiger partial charge in [-0.3, -0.25) is 9.88 Å². The van der Waals surface area contributed by atoms with Crippen molar-refractivity contribution >= 4 is 0 Å². The molecule has 0 N–H and O–H groups in total. The van der Waals surface area contributed by atoms with E-state index in [4.69, 9.17) is 0 Å². The molecule has 1 saturated carbocycles. The Kier molecular flexibility index (Phi) is 3.64. The van der Waals surface area contributed by atoms with E-state index in [0.717, 1.165) is 18.9 Å². The molecule has 2 aliphatic rings. The second kappa shape index (κ2) is 5.40. The quantitative estimate of drug-likeness (QED) is 0.795. The second-order valence-electron chi connectivity index (χ2n) is 5.78. The van der Waals surface area contributed by atoms with Gasteiger partial charge in [-0.2, -0.15) is 0 Å². The van der Waals surface area contributed by atoms with Crippen molar-refractivity contribution in [1.82, 2.24) is 9.88 Å². The van der Waals surface area contributed by atoms with E-state index in [1.165, 1.54) is 62.0 Å². The highest BCUT2D eigenvalue weighted by Crippen LogP contribution is 2.26. The first-order chi connectivity index (χ1) is 8.86. The molecule has 3 rings (SSSR count). The van der Waals surface area contributed by atoms with Crippen LogP contribution in [0, 0.1) is 0 Å². The van der Waals surface area contributed by atoms with Gasteiger partial charge in [0.1, 0.15) is 0 Å². The van der Waals surface area contributed by atoms with Crippen molar-refractivity contribution in [3.05, 3.63) is 29.1 Å². The highest BCUT2D eigenvalue weighted by molar-refractivity contribution is 5.27. The number of aryl methyl sites for hydroxylation is 1. The van der Waals surface area contributed by atoms with Crippen LogP contribution in [0.2, 0.25) is 0 Å². The highest BCUT2D eigenvalue weighted by atomic mass is 15.2. The van der Waals surface area contributed by atoms with Gasteiger partial charge in [0, 0.05) is 37.4 Å². The molecule has 1 aliphatic carbocycles. The molecule has 2 heterocycles. The van der Waals surface area contributed by atoms with E-state index in [9.17, 15) is 0 Å². The van der Waals surface area contributed by atoms with E-state index in [1.54, 1.807) is 0 Å². The van der Waals surface area contributed by atoms with E-state index < -0.39 is 0 Å². The molecule has 0 unspecified atom stereocenters. The molecule has 1 aliphatic heterocycles. The van der Waals surface area contributed by atoms with E-state index in [0.29, 0.717) is 0 Å². The fourth-order valence-electron chi connectivity index (χ4n) is 3.48. The third kappa shape index (κ3) is 2.44. The van der Waals surface area contributed by atoms with Crippen LogP contribution in [0.1, 0.15) is 49.4 Å². The summed E-state index contributed by atoms with van der Waals surface area (Å²) in [6.45, 7) is 4.67. The van der Waals surface area contributed by atoms with Gasteiger partial charge in [-0.15, -0.1) is 0 Å². The zero-order valence-electron chi connectivity index (χ0n) is 11.5. The van der Waals surface area contributed by atoms with Crippen LogP contribution in [0.3, 0.4) is 0 Å². The molecule has 0 aromatic carbocycles. The summed E-state index contributed by atoms with van der Waals surface area (Å²) in [4.78, 5) is 7.41. The van der Waals surface area contributed by atoms with E-state index >= 15 is 0 Å². The molecule has 0 radical (unpaired) electrons. The Morgan fingerprint density at radius 2 is 2.00 bits per heavy atom. The molecule has 0 bridgehead atoms. The number of pyridine rings is 1. The van der Waals surface area contributed by atoms with Crippen molar-refractivity contribution in [3.63, 3.8) is 0 Å². The Bertz CT molecular complexity index is 408.